The van der Waals surface area contributed by atoms with Gasteiger partial charge in [0.2, 0.25) is 0 Å². The fourth-order valence-electron chi connectivity index (χ4n) is 1.37. The van der Waals surface area contributed by atoms with E-state index < -0.39 is 5.97 Å². The third-order valence-corrected chi connectivity index (χ3v) is 3.12. The minimum Gasteiger partial charge on any atom is -0.477 e. The first-order chi connectivity index (χ1) is 8.66. The number of amides is 1. The molecule has 6 heteroatoms. The van der Waals surface area contributed by atoms with Crippen molar-refractivity contribution in [2.45, 2.75) is 6.54 Å². The summed E-state index contributed by atoms with van der Waals surface area (Å²) in [6.45, 7) is 0.432. The van der Waals surface area contributed by atoms with E-state index in [0.29, 0.717) is 12.1 Å². The fraction of sp³-hybridized carbons (Fsp3) is 0.0833. The number of carbonyl (C=O) groups excluding carboxylic acids is 1. The van der Waals surface area contributed by atoms with Gasteiger partial charge < -0.3 is 10.4 Å². The number of pyridine rings is 1. The van der Waals surface area contributed by atoms with Gasteiger partial charge in [0.25, 0.3) is 5.91 Å². The minimum atomic E-state index is -1.15. The summed E-state index contributed by atoms with van der Waals surface area (Å²) in [6, 6.07) is 6.56. The average molecular weight is 262 g/mol. The Labute approximate surface area is 107 Å². The van der Waals surface area contributed by atoms with Crippen LogP contribution in [0.4, 0.5) is 0 Å². The number of thiophene rings is 1. The van der Waals surface area contributed by atoms with Crippen molar-refractivity contribution in [3.8, 4) is 0 Å². The number of carbonyl (C=O) groups is 2. The molecule has 2 N–H and O–H groups in total. The second-order valence-electron chi connectivity index (χ2n) is 3.50. The van der Waals surface area contributed by atoms with Gasteiger partial charge in [0.05, 0.1) is 6.54 Å². The summed E-state index contributed by atoms with van der Waals surface area (Å²) < 4.78 is 0. The first-order valence-corrected chi connectivity index (χ1v) is 6.04. The largest absolute Gasteiger partial charge is 0.477 e. The highest BCUT2D eigenvalue weighted by Crippen LogP contribution is 2.08. The molecule has 0 aliphatic carbocycles. The van der Waals surface area contributed by atoms with Crippen LogP contribution < -0.4 is 5.32 Å². The van der Waals surface area contributed by atoms with Gasteiger partial charge >= 0.3 is 5.97 Å². The molecule has 0 aliphatic rings. The fourth-order valence-corrected chi connectivity index (χ4v) is 2.02. The maximum absolute atomic E-state index is 11.8. The second-order valence-corrected chi connectivity index (χ2v) is 4.53. The van der Waals surface area contributed by atoms with Crippen molar-refractivity contribution in [2.75, 3.05) is 0 Å². The van der Waals surface area contributed by atoms with Gasteiger partial charge in [-0.15, -0.1) is 11.3 Å². The predicted molar refractivity (Wildman–Crippen MR) is 66.7 cm³/mol. The van der Waals surface area contributed by atoms with E-state index in [0.717, 1.165) is 4.88 Å². The highest BCUT2D eigenvalue weighted by atomic mass is 32.1. The van der Waals surface area contributed by atoms with Gasteiger partial charge in [0, 0.05) is 16.6 Å². The molecule has 0 aromatic carbocycles. The number of aromatic carboxylic acids is 1. The summed E-state index contributed by atoms with van der Waals surface area (Å²) >= 11 is 1.55. The molecule has 1 amide bonds. The van der Waals surface area contributed by atoms with Gasteiger partial charge in [-0.3, -0.25) is 4.79 Å². The first kappa shape index (κ1) is 12.3. The molecule has 2 rings (SSSR count). The van der Waals surface area contributed by atoms with Crippen LogP contribution in [0.5, 0.6) is 0 Å². The number of nitrogens with zero attached hydrogens (tertiary/aromatic N) is 1. The molecule has 2 aromatic heterocycles. The summed E-state index contributed by atoms with van der Waals surface area (Å²) in [4.78, 5) is 27.2. The number of aromatic nitrogens is 1. The zero-order valence-electron chi connectivity index (χ0n) is 9.29. The van der Waals surface area contributed by atoms with Gasteiger partial charge in [0.1, 0.15) is 5.69 Å². The smallest absolute Gasteiger partial charge is 0.354 e. The van der Waals surface area contributed by atoms with Crippen molar-refractivity contribution >= 4 is 23.2 Å². The second kappa shape index (κ2) is 5.42. The molecular formula is C12H10N2O3S. The molecule has 0 fully saturated rings. The lowest BCUT2D eigenvalue weighted by molar-refractivity contribution is 0.0690. The molecule has 0 bridgehead atoms. The van der Waals surface area contributed by atoms with Gasteiger partial charge in [-0.25, -0.2) is 9.78 Å². The highest BCUT2D eigenvalue weighted by molar-refractivity contribution is 7.09. The van der Waals surface area contributed by atoms with Crippen molar-refractivity contribution < 1.29 is 14.7 Å². The Balaban J connectivity index is 2.04. The van der Waals surface area contributed by atoms with E-state index >= 15 is 0 Å². The number of rotatable bonds is 4. The standard InChI is InChI=1S/C12H10N2O3S/c15-11(14-7-9-2-1-5-18-9)8-3-4-13-10(6-8)12(16)17/h1-6H,7H2,(H,14,15)(H,16,17). The van der Waals surface area contributed by atoms with E-state index in [2.05, 4.69) is 10.3 Å². The van der Waals surface area contributed by atoms with Crippen molar-refractivity contribution in [3.63, 3.8) is 0 Å². The summed E-state index contributed by atoms with van der Waals surface area (Å²) in [7, 11) is 0. The van der Waals surface area contributed by atoms with Crippen LogP contribution in [0, 0.1) is 0 Å². The quantitative estimate of drug-likeness (QED) is 0.880. The lowest BCUT2D eigenvalue weighted by Gasteiger charge is -2.04. The van der Waals surface area contributed by atoms with Crippen LogP contribution >= 0.6 is 11.3 Å². The van der Waals surface area contributed by atoms with Gasteiger partial charge in [0.15, 0.2) is 0 Å². The van der Waals surface area contributed by atoms with E-state index in [4.69, 9.17) is 5.11 Å². The van der Waals surface area contributed by atoms with Crippen molar-refractivity contribution in [1.82, 2.24) is 10.3 Å². The Hall–Kier alpha value is -2.21. The van der Waals surface area contributed by atoms with Crippen molar-refractivity contribution in [3.05, 3.63) is 52.0 Å². The van der Waals surface area contributed by atoms with Crippen LogP contribution in [0.1, 0.15) is 25.7 Å². The summed E-state index contributed by atoms with van der Waals surface area (Å²) in [5.74, 6) is -1.46. The molecule has 92 valence electrons. The maximum Gasteiger partial charge on any atom is 0.354 e. The molecule has 0 unspecified atom stereocenters. The van der Waals surface area contributed by atoms with E-state index in [-0.39, 0.29) is 11.6 Å². The Morgan fingerprint density at radius 2 is 2.22 bits per heavy atom. The predicted octanol–water partition coefficient (Wildman–Crippen LogP) is 1.77. The number of nitrogens with one attached hydrogen (secondary N) is 1. The molecule has 0 atom stereocenters. The SMILES string of the molecule is O=C(NCc1cccs1)c1ccnc(C(=O)O)c1. The average Bonchev–Trinajstić information content (AvgIpc) is 2.89. The van der Waals surface area contributed by atoms with E-state index in [1.54, 1.807) is 11.3 Å². The minimum absolute atomic E-state index is 0.140. The molecule has 18 heavy (non-hydrogen) atoms. The molecule has 0 radical (unpaired) electrons. The van der Waals surface area contributed by atoms with Gasteiger partial charge in [-0.2, -0.15) is 0 Å². The Kier molecular flexibility index (Phi) is 3.69. The molecule has 0 saturated heterocycles. The highest BCUT2D eigenvalue weighted by Gasteiger charge is 2.10. The van der Waals surface area contributed by atoms with Crippen LogP contribution in [-0.2, 0) is 6.54 Å². The zero-order valence-corrected chi connectivity index (χ0v) is 10.1. The number of carboxylic acids is 1. The Bertz CT molecular complexity index is 566. The van der Waals surface area contributed by atoms with E-state index in [1.807, 2.05) is 17.5 Å². The van der Waals surface area contributed by atoms with Gasteiger partial charge in [-0.1, -0.05) is 6.07 Å². The number of carboxylic acid groups (broad SMARTS) is 1. The monoisotopic (exact) mass is 262 g/mol. The summed E-state index contributed by atoms with van der Waals surface area (Å²) in [5, 5.41) is 13.4. The lowest BCUT2D eigenvalue weighted by Crippen LogP contribution is -2.22. The normalized spacial score (nSPS) is 10.0. The zero-order chi connectivity index (χ0) is 13.0. The van der Waals surface area contributed by atoms with Crippen LogP contribution in [0.15, 0.2) is 35.8 Å². The molecule has 0 spiro atoms. The molecule has 0 aliphatic heterocycles. The molecule has 0 saturated carbocycles. The van der Waals surface area contributed by atoms with Crippen molar-refractivity contribution in [2.24, 2.45) is 0 Å². The van der Waals surface area contributed by atoms with Crippen LogP contribution in [-0.4, -0.2) is 22.0 Å². The summed E-state index contributed by atoms with van der Waals surface area (Å²) in [6.07, 6.45) is 1.31. The van der Waals surface area contributed by atoms with Crippen LogP contribution in [0.3, 0.4) is 0 Å². The van der Waals surface area contributed by atoms with E-state index in [1.165, 1.54) is 18.3 Å². The lowest BCUT2D eigenvalue weighted by atomic mass is 10.2. The molecule has 2 heterocycles. The molecule has 2 aromatic rings. The first-order valence-electron chi connectivity index (χ1n) is 5.17. The third-order valence-electron chi connectivity index (χ3n) is 2.24. The van der Waals surface area contributed by atoms with Crippen LogP contribution in [0.25, 0.3) is 0 Å². The van der Waals surface area contributed by atoms with Crippen molar-refractivity contribution in [1.29, 1.82) is 0 Å². The van der Waals surface area contributed by atoms with E-state index in [9.17, 15) is 9.59 Å². The Morgan fingerprint density at radius 3 is 2.89 bits per heavy atom. The molecular weight excluding hydrogens is 252 g/mol. The molecule has 5 nitrogen and oxygen atoms in total. The van der Waals surface area contributed by atoms with Crippen LogP contribution in [0.2, 0.25) is 0 Å². The maximum atomic E-state index is 11.8. The number of hydrogen-bond donors (Lipinski definition) is 2. The third kappa shape index (κ3) is 2.92. The summed E-state index contributed by atoms with van der Waals surface area (Å²) in [5.41, 5.74) is 0.151. The topological polar surface area (TPSA) is 79.3 Å². The Morgan fingerprint density at radius 1 is 1.39 bits per heavy atom. The number of hydrogen-bond acceptors (Lipinski definition) is 4. The van der Waals surface area contributed by atoms with Gasteiger partial charge in [-0.05, 0) is 23.6 Å².